The smallest absolute Gasteiger partial charge is 0.282 e. The van der Waals surface area contributed by atoms with Crippen molar-refractivity contribution in [2.45, 2.75) is 19.5 Å². The largest absolute Gasteiger partial charge is 0.322 e. The third-order valence-electron chi connectivity index (χ3n) is 6.41. The first kappa shape index (κ1) is 21.8. The highest BCUT2D eigenvalue weighted by Gasteiger charge is 2.31. The number of piperazine rings is 1. The van der Waals surface area contributed by atoms with Crippen molar-refractivity contribution in [1.82, 2.24) is 0 Å². The molecule has 1 atom stereocenters. The fraction of sp³-hybridized carbons (Fsp3) is 0.259. The summed E-state index contributed by atoms with van der Waals surface area (Å²) in [5, 5.41) is 12.1. The number of nitriles is 1. The predicted molar refractivity (Wildman–Crippen MR) is 126 cm³/mol. The van der Waals surface area contributed by atoms with Gasteiger partial charge in [0.2, 0.25) is 0 Å². The first-order valence-corrected chi connectivity index (χ1v) is 11.3. The zero-order valence-electron chi connectivity index (χ0n) is 18.5. The number of carbonyl (C=O) groups excluding carboxylic acids is 1. The summed E-state index contributed by atoms with van der Waals surface area (Å²) in [6.45, 7) is 7.01. The van der Waals surface area contributed by atoms with E-state index in [2.05, 4.69) is 23.5 Å². The standard InChI is InChI=1S/C27H28N4O/c1-21(27(32)29-26-10-6-5-9-25(26)24-7-3-2-4-8-24)31-17-15-30(16-18-31)20-23-13-11-22(19-28)12-14-23/h2-14,21H,15-18,20H2,1H3,(H,29,32)/p+2/t21-/m0/s1. The van der Waals surface area contributed by atoms with Crippen LogP contribution in [0.3, 0.4) is 0 Å². The minimum Gasteiger partial charge on any atom is -0.322 e. The molecule has 0 bridgehead atoms. The van der Waals surface area contributed by atoms with Crippen molar-refractivity contribution in [1.29, 1.82) is 5.26 Å². The number of hydrogen-bond acceptors (Lipinski definition) is 2. The predicted octanol–water partition coefficient (Wildman–Crippen LogP) is 1.54. The minimum atomic E-state index is -0.102. The van der Waals surface area contributed by atoms with E-state index in [1.807, 2.05) is 73.7 Å². The topological polar surface area (TPSA) is 61.8 Å². The van der Waals surface area contributed by atoms with Crippen LogP contribution in [0.15, 0.2) is 78.9 Å². The Hall–Kier alpha value is -3.46. The Morgan fingerprint density at radius 3 is 2.28 bits per heavy atom. The zero-order chi connectivity index (χ0) is 22.3. The fourth-order valence-electron chi connectivity index (χ4n) is 4.41. The molecule has 4 rings (SSSR count). The molecule has 1 heterocycles. The van der Waals surface area contributed by atoms with Crippen LogP contribution in [0.4, 0.5) is 5.69 Å². The molecule has 1 amide bonds. The molecule has 3 aromatic rings. The van der Waals surface area contributed by atoms with Crippen molar-refractivity contribution in [3.05, 3.63) is 90.0 Å². The van der Waals surface area contributed by atoms with Crippen LogP contribution in [0.5, 0.6) is 0 Å². The van der Waals surface area contributed by atoms with Crippen molar-refractivity contribution in [2.75, 3.05) is 31.5 Å². The molecule has 1 aliphatic rings. The average molecular weight is 427 g/mol. The first-order valence-electron chi connectivity index (χ1n) is 11.3. The molecule has 32 heavy (non-hydrogen) atoms. The minimum absolute atomic E-state index is 0.0684. The lowest BCUT2D eigenvalue weighted by Crippen LogP contribution is -3.29. The van der Waals surface area contributed by atoms with Crippen molar-refractivity contribution in [3.63, 3.8) is 0 Å². The molecule has 3 aromatic carbocycles. The number of amides is 1. The van der Waals surface area contributed by atoms with E-state index >= 15 is 0 Å². The molecule has 1 saturated heterocycles. The van der Waals surface area contributed by atoms with Gasteiger partial charge in [0, 0.05) is 16.8 Å². The van der Waals surface area contributed by atoms with Crippen LogP contribution in [-0.2, 0) is 11.3 Å². The Balaban J connectivity index is 1.33. The summed E-state index contributed by atoms with van der Waals surface area (Å²) in [7, 11) is 0. The summed E-state index contributed by atoms with van der Waals surface area (Å²) in [5.41, 5.74) is 4.96. The molecule has 3 N–H and O–H groups in total. The van der Waals surface area contributed by atoms with Gasteiger partial charge < -0.3 is 15.1 Å². The van der Waals surface area contributed by atoms with E-state index in [1.165, 1.54) is 15.4 Å². The molecule has 0 radical (unpaired) electrons. The molecule has 1 aliphatic heterocycles. The number of benzene rings is 3. The Bertz CT molecular complexity index is 1080. The average Bonchev–Trinajstić information content (AvgIpc) is 2.85. The van der Waals surface area contributed by atoms with Gasteiger partial charge in [-0.15, -0.1) is 0 Å². The number of nitrogens with one attached hydrogen (secondary N) is 3. The third kappa shape index (κ3) is 5.23. The monoisotopic (exact) mass is 426 g/mol. The molecule has 0 aromatic heterocycles. The number of anilines is 1. The third-order valence-corrected chi connectivity index (χ3v) is 6.41. The van der Waals surface area contributed by atoms with Gasteiger partial charge in [0.05, 0.1) is 11.6 Å². The van der Waals surface area contributed by atoms with Crippen LogP contribution in [0, 0.1) is 11.3 Å². The summed E-state index contributed by atoms with van der Waals surface area (Å²) in [6.07, 6.45) is 0. The van der Waals surface area contributed by atoms with Crippen LogP contribution < -0.4 is 15.1 Å². The summed E-state index contributed by atoms with van der Waals surface area (Å²) in [5.74, 6) is 0.0684. The Morgan fingerprint density at radius 2 is 1.59 bits per heavy atom. The number of nitrogens with zero attached hydrogens (tertiary/aromatic N) is 1. The van der Waals surface area contributed by atoms with Gasteiger partial charge in [0.15, 0.2) is 6.04 Å². The molecule has 0 saturated carbocycles. The first-order chi connectivity index (χ1) is 15.6. The van der Waals surface area contributed by atoms with E-state index in [9.17, 15) is 4.79 Å². The van der Waals surface area contributed by atoms with Gasteiger partial charge in [0.25, 0.3) is 5.91 Å². The molecule has 0 aliphatic carbocycles. The van der Waals surface area contributed by atoms with E-state index in [4.69, 9.17) is 5.26 Å². The van der Waals surface area contributed by atoms with Crippen molar-refractivity contribution < 1.29 is 14.6 Å². The van der Waals surface area contributed by atoms with Crippen LogP contribution in [0.1, 0.15) is 18.1 Å². The van der Waals surface area contributed by atoms with Gasteiger partial charge >= 0.3 is 0 Å². The normalized spacial score (nSPS) is 19.0. The van der Waals surface area contributed by atoms with Crippen LogP contribution in [-0.4, -0.2) is 38.1 Å². The highest BCUT2D eigenvalue weighted by Crippen LogP contribution is 2.27. The van der Waals surface area contributed by atoms with E-state index in [-0.39, 0.29) is 11.9 Å². The van der Waals surface area contributed by atoms with Gasteiger partial charge in [-0.1, -0.05) is 60.7 Å². The molecule has 162 valence electrons. The van der Waals surface area contributed by atoms with Crippen molar-refractivity contribution >= 4 is 11.6 Å². The van der Waals surface area contributed by atoms with Crippen molar-refractivity contribution in [2.24, 2.45) is 0 Å². The van der Waals surface area contributed by atoms with E-state index in [1.54, 1.807) is 0 Å². The van der Waals surface area contributed by atoms with Gasteiger partial charge in [0.1, 0.15) is 32.7 Å². The molecule has 0 unspecified atom stereocenters. The van der Waals surface area contributed by atoms with Gasteiger partial charge in [-0.2, -0.15) is 5.26 Å². The summed E-state index contributed by atoms with van der Waals surface area (Å²) in [4.78, 5) is 15.9. The second-order valence-electron chi connectivity index (χ2n) is 8.52. The SMILES string of the molecule is C[C@@H](C(=O)Nc1ccccc1-c1ccccc1)[NH+]1CC[NH+](Cc2ccc(C#N)cc2)CC1. The zero-order valence-corrected chi connectivity index (χ0v) is 18.5. The quantitative estimate of drug-likeness (QED) is 0.560. The lowest BCUT2D eigenvalue weighted by molar-refractivity contribution is -1.02. The maximum Gasteiger partial charge on any atom is 0.282 e. The highest BCUT2D eigenvalue weighted by atomic mass is 16.2. The Labute approximate surface area is 189 Å². The fourth-order valence-corrected chi connectivity index (χ4v) is 4.41. The van der Waals surface area contributed by atoms with E-state index in [0.717, 1.165) is 49.5 Å². The number of carbonyl (C=O) groups is 1. The van der Waals surface area contributed by atoms with Crippen molar-refractivity contribution in [3.8, 4) is 17.2 Å². The highest BCUT2D eigenvalue weighted by molar-refractivity contribution is 5.97. The molecular weight excluding hydrogens is 396 g/mol. The molecule has 0 spiro atoms. The van der Waals surface area contributed by atoms with Gasteiger partial charge in [-0.3, -0.25) is 4.79 Å². The number of rotatable bonds is 6. The lowest BCUT2D eigenvalue weighted by Gasteiger charge is -2.32. The molecule has 5 nitrogen and oxygen atoms in total. The lowest BCUT2D eigenvalue weighted by atomic mass is 10.0. The number of hydrogen-bond donors (Lipinski definition) is 3. The number of para-hydroxylation sites is 1. The Morgan fingerprint density at radius 1 is 0.938 bits per heavy atom. The molecule has 5 heteroatoms. The van der Waals surface area contributed by atoms with Crippen LogP contribution in [0.25, 0.3) is 11.1 Å². The molecule has 1 fully saturated rings. The maximum absolute atomic E-state index is 13.1. The summed E-state index contributed by atoms with van der Waals surface area (Å²) in [6, 6.07) is 28.1. The second kappa shape index (κ2) is 10.2. The van der Waals surface area contributed by atoms with Crippen LogP contribution >= 0.6 is 0 Å². The van der Waals surface area contributed by atoms with E-state index in [0.29, 0.717) is 5.56 Å². The summed E-state index contributed by atoms with van der Waals surface area (Å²) < 4.78 is 0. The van der Waals surface area contributed by atoms with E-state index < -0.39 is 0 Å². The maximum atomic E-state index is 13.1. The molecular formula is C27H30N4O+2. The second-order valence-corrected chi connectivity index (χ2v) is 8.52. The Kier molecular flexibility index (Phi) is 6.96. The van der Waals surface area contributed by atoms with Gasteiger partial charge in [-0.05, 0) is 30.7 Å². The van der Waals surface area contributed by atoms with Gasteiger partial charge in [-0.25, -0.2) is 0 Å². The number of quaternary nitrogens is 2. The summed E-state index contributed by atoms with van der Waals surface area (Å²) >= 11 is 0. The van der Waals surface area contributed by atoms with Crippen LogP contribution in [0.2, 0.25) is 0 Å².